The fourth-order valence-corrected chi connectivity index (χ4v) is 2.69. The number of esters is 1. The van der Waals surface area contributed by atoms with E-state index in [9.17, 15) is 19.5 Å². The van der Waals surface area contributed by atoms with E-state index in [-0.39, 0.29) is 13.0 Å². The van der Waals surface area contributed by atoms with Crippen LogP contribution in [-0.4, -0.2) is 44.3 Å². The van der Waals surface area contributed by atoms with E-state index in [1.54, 1.807) is 6.92 Å². The molecule has 1 saturated heterocycles. The van der Waals surface area contributed by atoms with Crippen LogP contribution < -0.4 is 11.2 Å². The van der Waals surface area contributed by atoms with Gasteiger partial charge in [0.1, 0.15) is 18.8 Å². The summed E-state index contributed by atoms with van der Waals surface area (Å²) in [4.78, 5) is 35.5. The summed E-state index contributed by atoms with van der Waals surface area (Å²) in [5, 5.41) is 10.1. The van der Waals surface area contributed by atoms with Gasteiger partial charge in [0.2, 0.25) is 0 Å². The molecule has 0 bridgehead atoms. The van der Waals surface area contributed by atoms with Crippen LogP contribution >= 0.6 is 15.9 Å². The number of alkyl halides is 1. The summed E-state index contributed by atoms with van der Waals surface area (Å²) in [7, 11) is 0. The molecule has 1 fully saturated rings. The van der Waals surface area contributed by atoms with E-state index < -0.39 is 40.5 Å². The van der Waals surface area contributed by atoms with E-state index in [1.807, 2.05) is 0 Å². The standard InChI is InChI=1S/C12H15BrN2O6/c1-2-8(17)20-5-6-10(18)9(13)11(21-6)15-4-3-7(16)14-12(15)19/h3-4,6,9-11,18H,2,5H2,1H3,(H,14,16,19)/t6-,9-,10-,11-/m1/s1. The van der Waals surface area contributed by atoms with Crippen molar-refractivity contribution in [1.29, 1.82) is 0 Å². The maximum absolute atomic E-state index is 11.7. The number of nitrogens with one attached hydrogen (secondary N) is 1. The number of aromatic amines is 1. The molecular formula is C12H15BrN2O6. The topological polar surface area (TPSA) is 111 Å². The Morgan fingerprint density at radius 3 is 2.90 bits per heavy atom. The summed E-state index contributed by atoms with van der Waals surface area (Å²) in [5.41, 5.74) is -1.16. The number of hydrogen-bond acceptors (Lipinski definition) is 6. The van der Waals surface area contributed by atoms with Gasteiger partial charge in [-0.2, -0.15) is 0 Å². The molecule has 2 N–H and O–H groups in total. The van der Waals surface area contributed by atoms with Crippen molar-refractivity contribution in [2.75, 3.05) is 6.61 Å². The van der Waals surface area contributed by atoms with Crippen LogP contribution in [-0.2, 0) is 14.3 Å². The lowest BCUT2D eigenvalue weighted by Gasteiger charge is -2.16. The lowest BCUT2D eigenvalue weighted by molar-refractivity contribution is -0.149. The van der Waals surface area contributed by atoms with Gasteiger partial charge in [0.25, 0.3) is 5.56 Å². The fourth-order valence-electron chi connectivity index (χ4n) is 1.97. The number of H-pyrrole nitrogens is 1. The zero-order chi connectivity index (χ0) is 15.6. The lowest BCUT2D eigenvalue weighted by atomic mass is 10.2. The summed E-state index contributed by atoms with van der Waals surface area (Å²) >= 11 is 3.26. The molecule has 0 aromatic carbocycles. The van der Waals surface area contributed by atoms with Gasteiger partial charge in [0.05, 0.1) is 4.83 Å². The van der Waals surface area contributed by atoms with Crippen LogP contribution in [0.5, 0.6) is 0 Å². The van der Waals surface area contributed by atoms with Gasteiger partial charge in [-0.3, -0.25) is 19.1 Å². The summed E-state index contributed by atoms with van der Waals surface area (Å²) in [5.74, 6) is -0.401. The van der Waals surface area contributed by atoms with Gasteiger partial charge in [0.15, 0.2) is 6.23 Å². The van der Waals surface area contributed by atoms with Crippen molar-refractivity contribution >= 4 is 21.9 Å². The monoisotopic (exact) mass is 362 g/mol. The van der Waals surface area contributed by atoms with Crippen LogP contribution in [0.4, 0.5) is 0 Å². The highest BCUT2D eigenvalue weighted by Gasteiger charge is 2.44. The van der Waals surface area contributed by atoms with Crippen LogP contribution in [0.25, 0.3) is 0 Å². The third-order valence-electron chi connectivity index (χ3n) is 3.12. The molecule has 2 rings (SSSR count). The van der Waals surface area contributed by atoms with Crippen molar-refractivity contribution in [1.82, 2.24) is 9.55 Å². The molecule has 1 aliphatic rings. The maximum Gasteiger partial charge on any atom is 0.330 e. The third kappa shape index (κ3) is 3.42. The molecule has 0 spiro atoms. The number of halogens is 1. The molecule has 0 aliphatic carbocycles. The molecule has 0 amide bonds. The van der Waals surface area contributed by atoms with Gasteiger partial charge in [-0.1, -0.05) is 22.9 Å². The number of ether oxygens (including phenoxy) is 2. The van der Waals surface area contributed by atoms with E-state index >= 15 is 0 Å². The minimum absolute atomic E-state index is 0.107. The van der Waals surface area contributed by atoms with Crippen molar-refractivity contribution in [3.05, 3.63) is 33.1 Å². The van der Waals surface area contributed by atoms with Crippen LogP contribution in [0.1, 0.15) is 19.6 Å². The Morgan fingerprint density at radius 1 is 1.57 bits per heavy atom. The van der Waals surface area contributed by atoms with E-state index in [1.165, 1.54) is 12.3 Å². The summed E-state index contributed by atoms with van der Waals surface area (Å²) in [6, 6.07) is 1.18. The number of nitrogens with zero attached hydrogens (tertiary/aromatic N) is 1. The molecule has 0 radical (unpaired) electrons. The number of aromatic nitrogens is 2. The van der Waals surface area contributed by atoms with Gasteiger partial charge in [-0.25, -0.2) is 4.79 Å². The van der Waals surface area contributed by atoms with Gasteiger partial charge in [-0.15, -0.1) is 0 Å². The Balaban J connectivity index is 2.14. The number of hydrogen-bond donors (Lipinski definition) is 2. The minimum Gasteiger partial charge on any atom is -0.463 e. The van der Waals surface area contributed by atoms with Crippen LogP contribution in [0.3, 0.4) is 0 Å². The Hall–Kier alpha value is -1.45. The SMILES string of the molecule is CCC(=O)OC[C@H]1O[C@@H](n2ccc(=O)[nH]c2=O)[C@H](Br)[C@@H]1O. The van der Waals surface area contributed by atoms with Gasteiger partial charge in [0, 0.05) is 18.7 Å². The molecule has 2 heterocycles. The molecule has 21 heavy (non-hydrogen) atoms. The van der Waals surface area contributed by atoms with Crippen molar-refractivity contribution in [3.8, 4) is 0 Å². The molecule has 0 unspecified atom stereocenters. The van der Waals surface area contributed by atoms with Crippen molar-refractivity contribution in [2.45, 2.75) is 36.6 Å². The molecule has 0 saturated carbocycles. The third-order valence-corrected chi connectivity index (χ3v) is 4.11. The van der Waals surface area contributed by atoms with Gasteiger partial charge >= 0.3 is 11.7 Å². The van der Waals surface area contributed by atoms with Gasteiger partial charge in [-0.05, 0) is 0 Å². The highest BCUT2D eigenvalue weighted by Crippen LogP contribution is 2.33. The molecular weight excluding hydrogens is 348 g/mol. The number of aliphatic hydroxyl groups is 1. The van der Waals surface area contributed by atoms with Crippen LogP contribution in [0.2, 0.25) is 0 Å². The first-order valence-corrected chi connectivity index (χ1v) is 7.30. The summed E-state index contributed by atoms with van der Waals surface area (Å²) in [6.45, 7) is 1.55. The predicted molar refractivity (Wildman–Crippen MR) is 75.2 cm³/mol. The molecule has 1 aliphatic heterocycles. The largest absolute Gasteiger partial charge is 0.463 e. The number of aliphatic hydroxyl groups excluding tert-OH is 1. The zero-order valence-electron chi connectivity index (χ0n) is 11.2. The first-order valence-electron chi connectivity index (χ1n) is 6.38. The molecule has 1 aromatic rings. The summed E-state index contributed by atoms with van der Waals surface area (Å²) in [6.07, 6.45) is -1.02. The smallest absolute Gasteiger partial charge is 0.330 e. The first-order chi connectivity index (χ1) is 9.93. The second-order valence-corrected chi connectivity index (χ2v) is 5.61. The van der Waals surface area contributed by atoms with Crippen molar-refractivity contribution < 1.29 is 19.4 Å². The minimum atomic E-state index is -0.960. The van der Waals surface area contributed by atoms with E-state index in [4.69, 9.17) is 9.47 Å². The average Bonchev–Trinajstić information content (AvgIpc) is 2.73. The predicted octanol–water partition coefficient (Wildman–Crippen LogP) is -0.488. The van der Waals surface area contributed by atoms with E-state index in [0.29, 0.717) is 0 Å². The number of carbonyl (C=O) groups is 1. The second kappa shape index (κ2) is 6.54. The fraction of sp³-hybridized carbons (Fsp3) is 0.583. The molecule has 1 aromatic heterocycles. The van der Waals surface area contributed by atoms with Crippen molar-refractivity contribution in [2.24, 2.45) is 0 Å². The van der Waals surface area contributed by atoms with Crippen LogP contribution in [0.15, 0.2) is 21.9 Å². The number of rotatable bonds is 4. The normalized spacial score (nSPS) is 28.5. The molecule has 116 valence electrons. The molecule has 8 nitrogen and oxygen atoms in total. The molecule has 4 atom stereocenters. The maximum atomic E-state index is 11.7. The highest BCUT2D eigenvalue weighted by molar-refractivity contribution is 9.09. The van der Waals surface area contributed by atoms with Gasteiger partial charge < -0.3 is 14.6 Å². The lowest BCUT2D eigenvalue weighted by Crippen LogP contribution is -2.35. The zero-order valence-corrected chi connectivity index (χ0v) is 12.8. The first kappa shape index (κ1) is 15.9. The molecule has 9 heteroatoms. The van der Waals surface area contributed by atoms with E-state index in [2.05, 4.69) is 20.9 Å². The Kier molecular flexibility index (Phi) is 4.96. The average molecular weight is 363 g/mol. The van der Waals surface area contributed by atoms with Crippen LogP contribution in [0, 0.1) is 0 Å². The second-order valence-electron chi connectivity index (χ2n) is 4.55. The Morgan fingerprint density at radius 2 is 2.29 bits per heavy atom. The Labute approximate surface area is 127 Å². The quantitative estimate of drug-likeness (QED) is 0.552. The van der Waals surface area contributed by atoms with E-state index in [0.717, 1.165) is 4.57 Å². The Bertz CT molecular complexity index is 627. The highest BCUT2D eigenvalue weighted by atomic mass is 79.9. The van der Waals surface area contributed by atoms with Crippen molar-refractivity contribution in [3.63, 3.8) is 0 Å². The summed E-state index contributed by atoms with van der Waals surface area (Å²) < 4.78 is 11.7. The number of carbonyl (C=O) groups excluding carboxylic acids is 1.